The van der Waals surface area contributed by atoms with Gasteiger partial charge in [-0.25, -0.2) is 13.1 Å². The van der Waals surface area contributed by atoms with Gasteiger partial charge in [0, 0.05) is 17.9 Å². The van der Waals surface area contributed by atoms with Crippen molar-refractivity contribution in [2.75, 3.05) is 0 Å². The molecule has 2 rings (SSSR count). The maximum absolute atomic E-state index is 12.4. The fraction of sp³-hybridized carbons (Fsp3) is 0.429. The summed E-state index contributed by atoms with van der Waals surface area (Å²) in [6.45, 7) is 5.35. The second kappa shape index (κ2) is 6.05. The molecule has 1 unspecified atom stereocenters. The predicted octanol–water partition coefficient (Wildman–Crippen LogP) is 2.19. The van der Waals surface area contributed by atoms with Crippen molar-refractivity contribution in [3.05, 3.63) is 42.1 Å². The number of rotatable bonds is 6. The van der Waals surface area contributed by atoms with E-state index in [2.05, 4.69) is 4.72 Å². The molecule has 0 radical (unpaired) electrons. The molecule has 0 saturated carbocycles. The number of nitrogens with zero attached hydrogens (tertiary/aromatic N) is 1. The molecule has 2 aromatic heterocycles. The Kier molecular flexibility index (Phi) is 4.55. The van der Waals surface area contributed by atoms with E-state index < -0.39 is 16.1 Å². The summed E-state index contributed by atoms with van der Waals surface area (Å²) in [6.07, 6.45) is 3.03. The number of nitrogens with one attached hydrogen (secondary N) is 1. The molecule has 0 amide bonds. The highest BCUT2D eigenvalue weighted by Gasteiger charge is 2.22. The first-order chi connectivity index (χ1) is 9.85. The monoisotopic (exact) mass is 312 g/mol. The molecule has 0 aliphatic heterocycles. The Morgan fingerprint density at radius 2 is 2.10 bits per heavy atom. The van der Waals surface area contributed by atoms with E-state index in [1.54, 1.807) is 23.6 Å². The Labute approximate surface area is 124 Å². The topological polar surface area (TPSA) is 84.5 Å². The molecule has 2 N–H and O–H groups in total. The van der Waals surface area contributed by atoms with E-state index in [1.165, 1.54) is 18.5 Å². The number of sulfonamides is 1. The van der Waals surface area contributed by atoms with Crippen LogP contribution in [-0.4, -0.2) is 18.1 Å². The van der Waals surface area contributed by atoms with Crippen LogP contribution in [0.5, 0.6) is 0 Å². The molecule has 21 heavy (non-hydrogen) atoms. The number of furan rings is 1. The maximum atomic E-state index is 12.4. The van der Waals surface area contributed by atoms with E-state index in [-0.39, 0.29) is 17.5 Å². The zero-order valence-corrected chi connectivity index (χ0v) is 13.1. The molecule has 2 aromatic rings. The second-order valence-electron chi connectivity index (χ2n) is 5.18. The van der Waals surface area contributed by atoms with Gasteiger partial charge in [-0.1, -0.05) is 0 Å². The van der Waals surface area contributed by atoms with Crippen molar-refractivity contribution in [3.63, 3.8) is 0 Å². The average molecular weight is 312 g/mol. The zero-order chi connectivity index (χ0) is 15.6. The minimum Gasteiger partial charge on any atom is -0.468 e. The summed E-state index contributed by atoms with van der Waals surface area (Å²) in [5.74, 6) is 0.546. The summed E-state index contributed by atoms with van der Waals surface area (Å²) in [5.41, 5.74) is 0.566. The SMILES string of the molecule is CC(NS(=O)(=O)c1cc(CO)n(C(C)C)c1)c1ccco1. The summed E-state index contributed by atoms with van der Waals surface area (Å²) in [5, 5.41) is 9.33. The van der Waals surface area contributed by atoms with Gasteiger partial charge in [0.2, 0.25) is 10.0 Å². The summed E-state index contributed by atoms with van der Waals surface area (Å²) < 4.78 is 34.3. The molecule has 0 fully saturated rings. The molecule has 2 heterocycles. The lowest BCUT2D eigenvalue weighted by molar-refractivity contribution is 0.268. The van der Waals surface area contributed by atoms with Crippen molar-refractivity contribution in [2.45, 2.75) is 44.4 Å². The van der Waals surface area contributed by atoms with E-state index in [4.69, 9.17) is 4.42 Å². The molecule has 0 aliphatic rings. The van der Waals surface area contributed by atoms with E-state index in [0.29, 0.717) is 11.5 Å². The molecule has 0 aromatic carbocycles. The Hall–Kier alpha value is -1.57. The molecule has 6 nitrogen and oxygen atoms in total. The third-order valence-corrected chi connectivity index (χ3v) is 4.75. The Balaban J connectivity index is 2.27. The van der Waals surface area contributed by atoms with E-state index in [0.717, 1.165) is 0 Å². The number of hydrogen-bond acceptors (Lipinski definition) is 4. The van der Waals surface area contributed by atoms with Crippen LogP contribution in [0.3, 0.4) is 0 Å². The molecule has 0 aliphatic carbocycles. The highest BCUT2D eigenvalue weighted by Crippen LogP contribution is 2.21. The van der Waals surface area contributed by atoms with Crippen LogP contribution in [0.1, 0.15) is 44.3 Å². The minimum atomic E-state index is -3.67. The zero-order valence-electron chi connectivity index (χ0n) is 12.3. The largest absolute Gasteiger partial charge is 0.468 e. The molecule has 7 heteroatoms. The first-order valence-electron chi connectivity index (χ1n) is 6.72. The lowest BCUT2D eigenvalue weighted by atomic mass is 10.3. The van der Waals surface area contributed by atoms with Crippen LogP contribution < -0.4 is 4.72 Å². The van der Waals surface area contributed by atoms with Crippen LogP contribution in [-0.2, 0) is 16.6 Å². The van der Waals surface area contributed by atoms with Crippen LogP contribution in [0.25, 0.3) is 0 Å². The summed E-state index contributed by atoms with van der Waals surface area (Å²) in [4.78, 5) is 0.138. The van der Waals surface area contributed by atoms with Crippen LogP contribution in [0, 0.1) is 0 Å². The molecular formula is C14H20N2O4S. The van der Waals surface area contributed by atoms with Crippen LogP contribution in [0.2, 0.25) is 0 Å². The highest BCUT2D eigenvalue weighted by molar-refractivity contribution is 7.89. The van der Waals surface area contributed by atoms with Crippen molar-refractivity contribution >= 4 is 10.0 Å². The Bertz CT molecular complexity index is 687. The first-order valence-corrected chi connectivity index (χ1v) is 8.21. The molecule has 1 atom stereocenters. The normalized spacial score (nSPS) is 13.8. The van der Waals surface area contributed by atoms with Crippen LogP contribution in [0.4, 0.5) is 0 Å². The summed E-state index contributed by atoms with van der Waals surface area (Å²) in [6, 6.07) is 4.51. The van der Waals surface area contributed by atoms with Crippen LogP contribution in [0.15, 0.2) is 40.0 Å². The number of hydrogen-bond donors (Lipinski definition) is 2. The number of aliphatic hydroxyl groups excluding tert-OH is 1. The van der Waals surface area contributed by atoms with Gasteiger partial charge in [-0.15, -0.1) is 0 Å². The standard InChI is InChI=1S/C14H20N2O4S/c1-10(2)16-8-13(7-12(16)9-17)21(18,19)15-11(3)14-5-4-6-20-14/h4-8,10-11,15,17H,9H2,1-3H3. The second-order valence-corrected chi connectivity index (χ2v) is 6.90. The van der Waals surface area contributed by atoms with Crippen molar-refractivity contribution < 1.29 is 17.9 Å². The number of aromatic nitrogens is 1. The smallest absolute Gasteiger partial charge is 0.242 e. The number of aliphatic hydroxyl groups is 1. The van der Waals surface area contributed by atoms with Gasteiger partial charge in [0.15, 0.2) is 0 Å². The Morgan fingerprint density at radius 3 is 2.57 bits per heavy atom. The van der Waals surface area contributed by atoms with Crippen molar-refractivity contribution in [1.82, 2.24) is 9.29 Å². The quantitative estimate of drug-likeness (QED) is 0.856. The fourth-order valence-electron chi connectivity index (χ4n) is 2.15. The maximum Gasteiger partial charge on any atom is 0.242 e. The lowest BCUT2D eigenvalue weighted by Crippen LogP contribution is -2.26. The van der Waals surface area contributed by atoms with Gasteiger partial charge in [0.1, 0.15) is 10.7 Å². The third kappa shape index (κ3) is 3.37. The fourth-order valence-corrected chi connectivity index (χ4v) is 3.41. The summed E-state index contributed by atoms with van der Waals surface area (Å²) >= 11 is 0. The predicted molar refractivity (Wildman–Crippen MR) is 78.2 cm³/mol. The van der Waals surface area contributed by atoms with Gasteiger partial charge in [-0.2, -0.15) is 0 Å². The highest BCUT2D eigenvalue weighted by atomic mass is 32.2. The average Bonchev–Trinajstić information content (AvgIpc) is 3.07. The Morgan fingerprint density at radius 1 is 1.38 bits per heavy atom. The molecular weight excluding hydrogens is 292 g/mol. The molecule has 0 bridgehead atoms. The van der Waals surface area contributed by atoms with Gasteiger partial charge in [-0.05, 0) is 39.0 Å². The molecule has 0 spiro atoms. The van der Waals surface area contributed by atoms with E-state index >= 15 is 0 Å². The molecule has 116 valence electrons. The van der Waals surface area contributed by atoms with E-state index in [9.17, 15) is 13.5 Å². The van der Waals surface area contributed by atoms with Gasteiger partial charge in [0.25, 0.3) is 0 Å². The first kappa shape index (κ1) is 15.8. The molecule has 0 saturated heterocycles. The minimum absolute atomic E-state index is 0.0681. The van der Waals surface area contributed by atoms with Gasteiger partial charge < -0.3 is 14.1 Å². The van der Waals surface area contributed by atoms with Crippen molar-refractivity contribution in [2.24, 2.45) is 0 Å². The van der Waals surface area contributed by atoms with Crippen molar-refractivity contribution in [1.29, 1.82) is 0 Å². The summed E-state index contributed by atoms with van der Waals surface area (Å²) in [7, 11) is -3.67. The van der Waals surface area contributed by atoms with Gasteiger partial charge in [0.05, 0.1) is 18.9 Å². The lowest BCUT2D eigenvalue weighted by Gasteiger charge is -2.11. The van der Waals surface area contributed by atoms with Gasteiger partial charge in [-0.3, -0.25) is 0 Å². The van der Waals surface area contributed by atoms with Gasteiger partial charge >= 0.3 is 0 Å². The van der Waals surface area contributed by atoms with E-state index in [1.807, 2.05) is 13.8 Å². The van der Waals surface area contributed by atoms with Crippen molar-refractivity contribution in [3.8, 4) is 0 Å². The van der Waals surface area contributed by atoms with Crippen LogP contribution >= 0.6 is 0 Å². The third-order valence-electron chi connectivity index (χ3n) is 3.24.